The number of benzene rings is 2. The van der Waals surface area contributed by atoms with Gasteiger partial charge in [0.2, 0.25) is 5.69 Å². The van der Waals surface area contributed by atoms with Crippen LogP contribution in [0.3, 0.4) is 0 Å². The summed E-state index contributed by atoms with van der Waals surface area (Å²) in [7, 11) is 0. The zero-order chi connectivity index (χ0) is 14.5. The molecule has 0 aliphatic heterocycles. The normalized spacial score (nSPS) is 11.2. The summed E-state index contributed by atoms with van der Waals surface area (Å²) < 4.78 is 1.62. The maximum atomic E-state index is 12.2. The minimum atomic E-state index is -0.267. The number of carbonyl (C=O) groups excluding carboxylic acids is 1. The molecule has 0 atom stereocenters. The summed E-state index contributed by atoms with van der Waals surface area (Å²) in [5.41, 5.74) is 10.3. The third-order valence-corrected chi connectivity index (χ3v) is 3.04. The van der Waals surface area contributed by atoms with Crippen molar-refractivity contribution >= 4 is 35.1 Å². The van der Waals surface area contributed by atoms with Crippen molar-refractivity contribution in [3.05, 3.63) is 59.1 Å². The van der Waals surface area contributed by atoms with Gasteiger partial charge < -0.3 is 5.73 Å². The Morgan fingerprint density at radius 2 is 1.85 bits per heavy atom. The topological polar surface area (TPSA) is 58.1 Å². The van der Waals surface area contributed by atoms with Crippen molar-refractivity contribution in [3.63, 3.8) is 0 Å². The first-order chi connectivity index (χ1) is 9.61. The highest BCUT2D eigenvalue weighted by Gasteiger charge is 2.16. The molecular weight excluding hydrogens is 274 g/mol. The summed E-state index contributed by atoms with van der Waals surface area (Å²) in [5, 5.41) is 0.642. The average molecular weight is 289 g/mol. The fourth-order valence-electron chi connectivity index (χ4n) is 1.75. The van der Waals surface area contributed by atoms with Gasteiger partial charge in [0.25, 0.3) is 0 Å². The molecule has 2 aromatic carbocycles. The predicted molar refractivity (Wildman–Crippen MR) is 81.4 cm³/mol. The van der Waals surface area contributed by atoms with E-state index in [-0.39, 0.29) is 5.91 Å². The molecule has 0 spiro atoms. The molecule has 0 aliphatic carbocycles. The molecule has 0 bridgehead atoms. The second kappa shape index (κ2) is 6.21. The van der Waals surface area contributed by atoms with Gasteiger partial charge in [0.05, 0.1) is 5.56 Å². The van der Waals surface area contributed by atoms with Gasteiger partial charge in [-0.2, -0.15) is 0 Å². The summed E-state index contributed by atoms with van der Waals surface area (Å²) in [6, 6.07) is 14.1. The highest BCUT2D eigenvalue weighted by molar-refractivity contribution is 6.30. The third kappa shape index (κ3) is 3.16. The van der Waals surface area contributed by atoms with Crippen molar-refractivity contribution in [3.8, 4) is 0 Å². The molecule has 0 aliphatic rings. The molecule has 0 radical (unpaired) electrons. The van der Waals surface area contributed by atoms with E-state index in [1.807, 2.05) is 19.1 Å². The van der Waals surface area contributed by atoms with Gasteiger partial charge in [0, 0.05) is 29.8 Å². The van der Waals surface area contributed by atoms with Crippen molar-refractivity contribution in [2.45, 2.75) is 6.92 Å². The number of rotatable bonds is 3. The third-order valence-electron chi connectivity index (χ3n) is 2.79. The van der Waals surface area contributed by atoms with E-state index in [2.05, 4.69) is 5.43 Å². The highest BCUT2D eigenvalue weighted by Crippen LogP contribution is 2.16. The summed E-state index contributed by atoms with van der Waals surface area (Å²) in [6.07, 6.45) is 1.75. The summed E-state index contributed by atoms with van der Waals surface area (Å²) in [4.78, 5) is 12.2. The van der Waals surface area contributed by atoms with Crippen LogP contribution in [-0.2, 0) is 0 Å². The van der Waals surface area contributed by atoms with Crippen molar-refractivity contribution in [2.75, 3.05) is 5.73 Å². The SMILES string of the molecule is CC=[N+](NC(=O)c1ccccc1N)c1ccc(Cl)cc1. The first kappa shape index (κ1) is 14.1. The van der Waals surface area contributed by atoms with Crippen LogP contribution < -0.4 is 11.2 Å². The number of hydrazine groups is 1. The summed E-state index contributed by atoms with van der Waals surface area (Å²) >= 11 is 5.85. The van der Waals surface area contributed by atoms with Gasteiger partial charge in [-0.05, 0) is 24.3 Å². The Balaban J connectivity index is 2.21. The largest absolute Gasteiger partial charge is 0.398 e. The number of anilines is 1. The Morgan fingerprint density at radius 3 is 2.45 bits per heavy atom. The fraction of sp³-hybridized carbons (Fsp3) is 0.0667. The average Bonchev–Trinajstić information content (AvgIpc) is 2.46. The highest BCUT2D eigenvalue weighted by atomic mass is 35.5. The number of hydrazone groups is 1. The van der Waals surface area contributed by atoms with E-state index in [9.17, 15) is 4.79 Å². The first-order valence-electron chi connectivity index (χ1n) is 6.11. The minimum Gasteiger partial charge on any atom is -0.398 e. The van der Waals surface area contributed by atoms with E-state index in [0.717, 1.165) is 5.69 Å². The molecule has 4 nitrogen and oxygen atoms in total. The Hall–Kier alpha value is -2.33. The molecule has 102 valence electrons. The molecule has 20 heavy (non-hydrogen) atoms. The molecule has 0 unspecified atom stereocenters. The lowest BCUT2D eigenvalue weighted by atomic mass is 10.2. The predicted octanol–water partition coefficient (Wildman–Crippen LogP) is 3.00. The molecule has 2 aromatic rings. The zero-order valence-corrected chi connectivity index (χ0v) is 11.8. The molecule has 0 aromatic heterocycles. The van der Waals surface area contributed by atoms with E-state index < -0.39 is 0 Å². The smallest absolute Gasteiger partial charge is 0.307 e. The van der Waals surface area contributed by atoms with E-state index in [1.165, 1.54) is 0 Å². The Kier molecular flexibility index (Phi) is 4.38. The Morgan fingerprint density at radius 1 is 1.20 bits per heavy atom. The summed E-state index contributed by atoms with van der Waals surface area (Å²) in [5.74, 6) is -0.267. The lowest BCUT2D eigenvalue weighted by molar-refractivity contribution is -0.485. The number of nitrogen functional groups attached to an aromatic ring is 1. The second-order valence-electron chi connectivity index (χ2n) is 4.13. The van der Waals surface area contributed by atoms with Gasteiger partial charge in [-0.3, -0.25) is 4.79 Å². The standard InChI is InChI=1S/C15H14ClN3O/c1-2-19(12-9-7-11(16)8-10-12)18-15(20)13-5-3-4-6-14(13)17/h2-10H,1H3,(H2-,17,18,20)/p+1. The Bertz CT molecular complexity index is 650. The van der Waals surface area contributed by atoms with Crippen LogP contribution in [0.5, 0.6) is 0 Å². The van der Waals surface area contributed by atoms with Crippen LogP contribution in [0, 0.1) is 0 Å². The lowest BCUT2D eigenvalue weighted by Gasteiger charge is -2.05. The minimum absolute atomic E-state index is 0.267. The Labute approximate surface area is 122 Å². The molecule has 5 heteroatoms. The maximum absolute atomic E-state index is 12.2. The molecule has 0 heterocycles. The molecule has 0 saturated heterocycles. The van der Waals surface area contributed by atoms with E-state index in [0.29, 0.717) is 16.3 Å². The van der Waals surface area contributed by atoms with Crippen LogP contribution in [0.15, 0.2) is 48.5 Å². The summed E-state index contributed by atoms with van der Waals surface area (Å²) in [6.45, 7) is 1.82. The van der Waals surface area contributed by atoms with Gasteiger partial charge in [-0.25, -0.2) is 0 Å². The monoisotopic (exact) mass is 288 g/mol. The molecule has 0 fully saturated rings. The van der Waals surface area contributed by atoms with E-state index in [1.54, 1.807) is 47.3 Å². The van der Waals surface area contributed by atoms with Crippen LogP contribution in [-0.4, -0.2) is 16.8 Å². The van der Waals surface area contributed by atoms with Crippen molar-refractivity contribution in [1.82, 2.24) is 5.43 Å². The molecular formula is C15H15ClN3O+. The number of hydrogen-bond acceptors (Lipinski definition) is 2. The van der Waals surface area contributed by atoms with Gasteiger partial charge in [-0.15, -0.1) is 5.43 Å². The van der Waals surface area contributed by atoms with Crippen molar-refractivity contribution in [2.24, 2.45) is 0 Å². The molecule has 1 amide bonds. The van der Waals surface area contributed by atoms with Crippen LogP contribution >= 0.6 is 11.6 Å². The van der Waals surface area contributed by atoms with Crippen molar-refractivity contribution in [1.29, 1.82) is 0 Å². The number of halogens is 1. The number of amides is 1. The van der Waals surface area contributed by atoms with Gasteiger partial charge in [0.15, 0.2) is 6.21 Å². The molecule has 3 N–H and O–H groups in total. The number of para-hydroxylation sites is 1. The molecule has 0 saturated carbocycles. The first-order valence-corrected chi connectivity index (χ1v) is 6.49. The number of carbonyl (C=O) groups is 1. The quantitative estimate of drug-likeness (QED) is 0.395. The maximum Gasteiger partial charge on any atom is 0.307 e. The number of nitrogens with two attached hydrogens (primary N) is 1. The number of nitrogens with zero attached hydrogens (tertiary/aromatic N) is 1. The van der Waals surface area contributed by atoms with Gasteiger partial charge in [0.1, 0.15) is 0 Å². The van der Waals surface area contributed by atoms with Crippen LogP contribution in [0.4, 0.5) is 11.4 Å². The van der Waals surface area contributed by atoms with Crippen LogP contribution in [0.1, 0.15) is 17.3 Å². The molecule has 2 rings (SSSR count). The zero-order valence-electron chi connectivity index (χ0n) is 11.0. The second-order valence-corrected chi connectivity index (χ2v) is 4.57. The van der Waals surface area contributed by atoms with Crippen molar-refractivity contribution < 1.29 is 9.48 Å². The van der Waals surface area contributed by atoms with Crippen LogP contribution in [0.2, 0.25) is 5.02 Å². The lowest BCUT2D eigenvalue weighted by Crippen LogP contribution is -2.32. The van der Waals surface area contributed by atoms with E-state index in [4.69, 9.17) is 17.3 Å². The van der Waals surface area contributed by atoms with Gasteiger partial charge in [-0.1, -0.05) is 28.4 Å². The van der Waals surface area contributed by atoms with E-state index >= 15 is 0 Å². The van der Waals surface area contributed by atoms with Gasteiger partial charge >= 0.3 is 5.91 Å². The number of nitrogens with one attached hydrogen (secondary N) is 1. The fourth-order valence-corrected chi connectivity index (χ4v) is 1.88. The van der Waals surface area contributed by atoms with Crippen LogP contribution in [0.25, 0.3) is 0 Å². The number of hydrogen-bond donors (Lipinski definition) is 2.